The Morgan fingerprint density at radius 1 is 0.266 bits per heavy atom. The lowest BCUT2D eigenvalue weighted by molar-refractivity contribution is 0.488. The van der Waals surface area contributed by atoms with Crippen molar-refractivity contribution in [3.8, 4) is 78.3 Å². The van der Waals surface area contributed by atoms with Crippen molar-refractivity contribution in [1.29, 1.82) is 0 Å². The molecule has 12 rings (SSSR count). The van der Waals surface area contributed by atoms with Gasteiger partial charge in [0.05, 0.1) is 5.69 Å². The molecule has 0 radical (unpaired) electrons. The molecule has 0 spiro atoms. The highest BCUT2D eigenvalue weighted by molar-refractivity contribution is 6.04. The lowest BCUT2D eigenvalue weighted by atomic mass is 9.88. The van der Waals surface area contributed by atoms with Crippen LogP contribution in [0.5, 0.6) is 11.5 Å². The molecule has 300 valence electrons. The van der Waals surface area contributed by atoms with E-state index in [1.54, 1.807) is 0 Å². The van der Waals surface area contributed by atoms with E-state index < -0.39 is 0 Å². The van der Waals surface area contributed by atoms with Crippen LogP contribution in [0.15, 0.2) is 249 Å². The summed E-state index contributed by atoms with van der Waals surface area (Å²) in [6.07, 6.45) is 0. The second-order valence-electron chi connectivity index (χ2n) is 16.5. The molecule has 11 aromatic carbocycles. The van der Waals surface area contributed by atoms with Crippen molar-refractivity contribution in [2.45, 2.75) is 0 Å². The van der Waals surface area contributed by atoms with Gasteiger partial charge >= 0.3 is 0 Å². The summed E-state index contributed by atoms with van der Waals surface area (Å²) in [5.41, 5.74) is 17.0. The highest BCUT2D eigenvalue weighted by Crippen LogP contribution is 2.54. The van der Waals surface area contributed by atoms with Crippen molar-refractivity contribution in [2.75, 3.05) is 4.90 Å². The van der Waals surface area contributed by atoms with E-state index >= 15 is 0 Å². The Balaban J connectivity index is 1.04. The first-order valence-corrected chi connectivity index (χ1v) is 21.9. The molecule has 0 N–H and O–H groups in total. The zero-order valence-electron chi connectivity index (χ0n) is 35.0. The maximum Gasteiger partial charge on any atom is 0.137 e. The van der Waals surface area contributed by atoms with Gasteiger partial charge in [0.2, 0.25) is 0 Å². The van der Waals surface area contributed by atoms with E-state index in [-0.39, 0.29) is 0 Å². The molecule has 0 fully saturated rings. The highest BCUT2D eigenvalue weighted by atomic mass is 16.5. The molecule has 1 heterocycles. The quantitative estimate of drug-likeness (QED) is 0.159. The third-order valence-corrected chi connectivity index (χ3v) is 12.7. The number of ether oxygens (including phenoxy) is 1. The van der Waals surface area contributed by atoms with E-state index in [9.17, 15) is 0 Å². The molecule has 0 bridgehead atoms. The molecule has 0 unspecified atom stereocenters. The van der Waals surface area contributed by atoms with E-state index in [4.69, 9.17) is 4.74 Å². The van der Waals surface area contributed by atoms with Crippen LogP contribution in [0, 0.1) is 0 Å². The second kappa shape index (κ2) is 15.8. The van der Waals surface area contributed by atoms with Gasteiger partial charge < -0.3 is 9.64 Å². The Hall–Kier alpha value is -8.46. The third-order valence-electron chi connectivity index (χ3n) is 12.7. The van der Waals surface area contributed by atoms with Crippen molar-refractivity contribution < 1.29 is 4.74 Å². The molecule has 0 aromatic heterocycles. The zero-order valence-corrected chi connectivity index (χ0v) is 35.0. The van der Waals surface area contributed by atoms with Crippen molar-refractivity contribution in [3.05, 3.63) is 249 Å². The Labute approximate surface area is 373 Å². The Kier molecular flexibility index (Phi) is 9.20. The maximum absolute atomic E-state index is 7.14. The predicted molar refractivity (Wildman–Crippen MR) is 269 cm³/mol. The SMILES string of the molecule is c1ccc(-c2ccc(-c3ccc(N(c4ccc(-c5ccccc5)cc4)c4cccc5c4-c4ccc(-c6cccc7ccccc67)cc4-c4cc6ccccc6cc4O5)cc3)cc2)cc1. The average molecular weight is 816 g/mol. The summed E-state index contributed by atoms with van der Waals surface area (Å²) in [5.74, 6) is 1.65. The fraction of sp³-hybridized carbons (Fsp3) is 0. The van der Waals surface area contributed by atoms with Crippen LogP contribution < -0.4 is 9.64 Å². The minimum Gasteiger partial charge on any atom is -0.456 e. The summed E-state index contributed by atoms with van der Waals surface area (Å²) in [6.45, 7) is 0. The molecule has 1 aliphatic heterocycles. The molecule has 0 aliphatic carbocycles. The topological polar surface area (TPSA) is 12.5 Å². The third kappa shape index (κ3) is 6.70. The van der Waals surface area contributed by atoms with Crippen LogP contribution in [-0.2, 0) is 0 Å². The number of fused-ring (bicyclic) bond motifs is 7. The van der Waals surface area contributed by atoms with Crippen LogP contribution in [0.2, 0.25) is 0 Å². The van der Waals surface area contributed by atoms with Gasteiger partial charge in [-0.1, -0.05) is 194 Å². The van der Waals surface area contributed by atoms with Gasteiger partial charge in [0.1, 0.15) is 11.5 Å². The first kappa shape index (κ1) is 37.3. The van der Waals surface area contributed by atoms with Gasteiger partial charge in [-0.3, -0.25) is 0 Å². The Morgan fingerprint density at radius 2 is 0.750 bits per heavy atom. The molecule has 0 atom stereocenters. The van der Waals surface area contributed by atoms with Gasteiger partial charge in [0.25, 0.3) is 0 Å². The molecular weight excluding hydrogens is 775 g/mol. The first-order chi connectivity index (χ1) is 31.7. The van der Waals surface area contributed by atoms with Crippen LogP contribution in [-0.4, -0.2) is 0 Å². The van der Waals surface area contributed by atoms with E-state index in [1.807, 2.05) is 0 Å². The summed E-state index contributed by atoms with van der Waals surface area (Å²) < 4.78 is 7.14. The molecule has 2 nitrogen and oxygen atoms in total. The minimum absolute atomic E-state index is 0.812. The number of nitrogens with zero attached hydrogens (tertiary/aromatic N) is 1. The Bertz CT molecular complexity index is 3480. The summed E-state index contributed by atoms with van der Waals surface area (Å²) in [4.78, 5) is 2.38. The number of hydrogen-bond donors (Lipinski definition) is 0. The van der Waals surface area contributed by atoms with Gasteiger partial charge in [-0.05, 0) is 132 Å². The molecule has 2 heteroatoms. The van der Waals surface area contributed by atoms with Gasteiger partial charge in [0, 0.05) is 22.5 Å². The lowest BCUT2D eigenvalue weighted by Crippen LogP contribution is -2.11. The molecule has 1 aliphatic rings. The van der Waals surface area contributed by atoms with Crippen LogP contribution >= 0.6 is 0 Å². The average Bonchev–Trinajstić information content (AvgIpc) is 3.50. The van der Waals surface area contributed by atoms with Gasteiger partial charge in [0.15, 0.2) is 0 Å². The van der Waals surface area contributed by atoms with Crippen molar-refractivity contribution >= 4 is 38.6 Å². The molecule has 0 saturated carbocycles. The van der Waals surface area contributed by atoms with E-state index in [0.29, 0.717) is 0 Å². The summed E-state index contributed by atoms with van der Waals surface area (Å²) >= 11 is 0. The fourth-order valence-corrected chi connectivity index (χ4v) is 9.47. The number of benzene rings is 11. The van der Waals surface area contributed by atoms with E-state index in [2.05, 4.69) is 254 Å². The van der Waals surface area contributed by atoms with Crippen molar-refractivity contribution in [2.24, 2.45) is 0 Å². The fourth-order valence-electron chi connectivity index (χ4n) is 9.47. The molecule has 11 aromatic rings. The summed E-state index contributed by atoms with van der Waals surface area (Å²) in [6, 6.07) is 89.6. The van der Waals surface area contributed by atoms with Gasteiger partial charge in [-0.25, -0.2) is 0 Å². The van der Waals surface area contributed by atoms with E-state index in [0.717, 1.165) is 67.3 Å². The van der Waals surface area contributed by atoms with E-state index in [1.165, 1.54) is 49.5 Å². The molecular formula is C62H41NO. The number of hydrogen-bond acceptors (Lipinski definition) is 2. The Morgan fingerprint density at radius 3 is 1.38 bits per heavy atom. The number of anilines is 3. The zero-order chi connectivity index (χ0) is 42.4. The smallest absolute Gasteiger partial charge is 0.137 e. The van der Waals surface area contributed by atoms with Crippen molar-refractivity contribution in [3.63, 3.8) is 0 Å². The minimum atomic E-state index is 0.812. The van der Waals surface area contributed by atoms with Crippen LogP contribution in [0.3, 0.4) is 0 Å². The standard InChI is InChI=1S/C62H41NO/c1-3-13-42(14-4-1)44-25-27-45(28-26-44)47-31-36-53(37-32-47)63(52-34-29-46(30-35-52)43-15-5-2-6-16-43)59-23-12-24-60-62(59)56-38-33-51(55-22-11-20-48-17-9-10-21-54(48)55)40-57(56)58-39-49-18-7-8-19-50(49)41-61(58)64-60/h1-41H. The lowest BCUT2D eigenvalue weighted by Gasteiger charge is -2.29. The maximum atomic E-state index is 7.14. The summed E-state index contributed by atoms with van der Waals surface area (Å²) in [7, 11) is 0. The second-order valence-corrected chi connectivity index (χ2v) is 16.5. The first-order valence-electron chi connectivity index (χ1n) is 21.9. The van der Waals surface area contributed by atoms with Gasteiger partial charge in [-0.2, -0.15) is 0 Å². The normalized spacial score (nSPS) is 11.6. The van der Waals surface area contributed by atoms with Crippen LogP contribution in [0.4, 0.5) is 17.1 Å². The monoisotopic (exact) mass is 815 g/mol. The van der Waals surface area contributed by atoms with Crippen LogP contribution in [0.25, 0.3) is 88.3 Å². The summed E-state index contributed by atoms with van der Waals surface area (Å²) in [5, 5.41) is 4.77. The van der Waals surface area contributed by atoms with Crippen molar-refractivity contribution in [1.82, 2.24) is 0 Å². The highest BCUT2D eigenvalue weighted by Gasteiger charge is 2.28. The predicted octanol–water partition coefficient (Wildman–Crippen LogP) is 17.6. The molecule has 0 saturated heterocycles. The molecule has 64 heavy (non-hydrogen) atoms. The van der Waals surface area contributed by atoms with Gasteiger partial charge in [-0.15, -0.1) is 0 Å². The molecule has 0 amide bonds. The largest absolute Gasteiger partial charge is 0.456 e. The number of rotatable bonds is 7. The van der Waals surface area contributed by atoms with Crippen LogP contribution in [0.1, 0.15) is 0 Å².